The molecule has 1 atom stereocenters. The Bertz CT molecular complexity index is 645. The molecule has 0 spiro atoms. The fourth-order valence-corrected chi connectivity index (χ4v) is 2.66. The van der Waals surface area contributed by atoms with Crippen molar-refractivity contribution in [3.63, 3.8) is 0 Å². The molecule has 2 aromatic rings. The standard InChI is InChI=1S/C15H10BrNO/c16-11-5-6-15-13(7-11)14(8-17)12-4-2-1-3-10(12)9-18-15/h1-7,14H,9H2/t14-/m1/s1. The Balaban J connectivity index is 2.24. The molecule has 0 bridgehead atoms. The Labute approximate surface area is 114 Å². The summed E-state index contributed by atoms with van der Waals surface area (Å²) in [4.78, 5) is 0. The zero-order valence-corrected chi connectivity index (χ0v) is 11.1. The van der Waals surface area contributed by atoms with Crippen molar-refractivity contribution in [1.29, 1.82) is 5.26 Å². The van der Waals surface area contributed by atoms with E-state index in [1.54, 1.807) is 0 Å². The van der Waals surface area contributed by atoms with Gasteiger partial charge in [-0.3, -0.25) is 0 Å². The van der Waals surface area contributed by atoms with E-state index in [-0.39, 0.29) is 5.92 Å². The second-order valence-electron chi connectivity index (χ2n) is 4.23. The van der Waals surface area contributed by atoms with E-state index in [9.17, 15) is 5.26 Å². The molecule has 0 aliphatic carbocycles. The highest BCUT2D eigenvalue weighted by Crippen LogP contribution is 2.38. The Morgan fingerprint density at radius 3 is 2.83 bits per heavy atom. The van der Waals surface area contributed by atoms with Gasteiger partial charge in [0.2, 0.25) is 0 Å². The van der Waals surface area contributed by atoms with Crippen LogP contribution in [-0.2, 0) is 6.61 Å². The molecule has 3 rings (SSSR count). The van der Waals surface area contributed by atoms with Crippen LogP contribution in [-0.4, -0.2) is 0 Å². The second-order valence-corrected chi connectivity index (χ2v) is 5.15. The summed E-state index contributed by atoms with van der Waals surface area (Å²) < 4.78 is 6.75. The lowest BCUT2D eigenvalue weighted by molar-refractivity contribution is 0.307. The van der Waals surface area contributed by atoms with Crippen LogP contribution in [0.1, 0.15) is 22.6 Å². The van der Waals surface area contributed by atoms with Gasteiger partial charge in [-0.2, -0.15) is 5.26 Å². The summed E-state index contributed by atoms with van der Waals surface area (Å²) in [5, 5.41) is 9.48. The first-order chi connectivity index (χ1) is 8.79. The minimum Gasteiger partial charge on any atom is -0.489 e. The lowest BCUT2D eigenvalue weighted by Crippen LogP contribution is -1.99. The van der Waals surface area contributed by atoms with Gasteiger partial charge in [-0.05, 0) is 29.3 Å². The molecule has 0 aromatic heterocycles. The van der Waals surface area contributed by atoms with E-state index in [1.807, 2.05) is 42.5 Å². The summed E-state index contributed by atoms with van der Waals surface area (Å²) >= 11 is 3.45. The molecule has 1 aliphatic rings. The van der Waals surface area contributed by atoms with Crippen LogP contribution < -0.4 is 4.74 Å². The van der Waals surface area contributed by atoms with Crippen LogP contribution in [0, 0.1) is 11.3 Å². The van der Waals surface area contributed by atoms with Crippen molar-refractivity contribution >= 4 is 15.9 Å². The molecule has 0 unspecified atom stereocenters. The second kappa shape index (κ2) is 4.47. The van der Waals surface area contributed by atoms with E-state index in [0.29, 0.717) is 6.61 Å². The zero-order chi connectivity index (χ0) is 12.5. The van der Waals surface area contributed by atoms with Crippen LogP contribution in [0.2, 0.25) is 0 Å². The smallest absolute Gasteiger partial charge is 0.124 e. The van der Waals surface area contributed by atoms with E-state index in [4.69, 9.17) is 4.74 Å². The average Bonchev–Trinajstić information content (AvgIpc) is 2.54. The van der Waals surface area contributed by atoms with Gasteiger partial charge in [0.25, 0.3) is 0 Å². The SMILES string of the molecule is N#C[C@@H]1c2ccccc2COc2ccc(Br)cc21. The lowest BCUT2D eigenvalue weighted by atomic mass is 9.90. The first-order valence-electron chi connectivity index (χ1n) is 5.69. The highest BCUT2D eigenvalue weighted by molar-refractivity contribution is 9.10. The summed E-state index contributed by atoms with van der Waals surface area (Å²) in [7, 11) is 0. The van der Waals surface area contributed by atoms with Crippen LogP contribution in [0.5, 0.6) is 5.75 Å². The van der Waals surface area contributed by atoms with Gasteiger partial charge in [-0.25, -0.2) is 0 Å². The molecule has 0 N–H and O–H groups in total. The van der Waals surface area contributed by atoms with E-state index in [2.05, 4.69) is 22.0 Å². The third-order valence-electron chi connectivity index (χ3n) is 3.16. The number of halogens is 1. The Kier molecular flexibility index (Phi) is 2.81. The van der Waals surface area contributed by atoms with Crippen LogP contribution in [0.15, 0.2) is 46.9 Å². The van der Waals surface area contributed by atoms with Gasteiger partial charge < -0.3 is 4.74 Å². The number of fused-ring (bicyclic) bond motifs is 2. The molecular formula is C15H10BrNO. The highest BCUT2D eigenvalue weighted by atomic mass is 79.9. The van der Waals surface area contributed by atoms with E-state index in [0.717, 1.165) is 26.9 Å². The topological polar surface area (TPSA) is 33.0 Å². The number of benzene rings is 2. The molecule has 2 nitrogen and oxygen atoms in total. The van der Waals surface area contributed by atoms with E-state index < -0.39 is 0 Å². The molecule has 0 radical (unpaired) electrons. The highest BCUT2D eigenvalue weighted by Gasteiger charge is 2.24. The van der Waals surface area contributed by atoms with Crippen LogP contribution in [0.25, 0.3) is 0 Å². The monoisotopic (exact) mass is 299 g/mol. The Morgan fingerprint density at radius 2 is 2.00 bits per heavy atom. The molecule has 0 saturated carbocycles. The number of nitriles is 1. The van der Waals surface area contributed by atoms with Crippen molar-refractivity contribution in [1.82, 2.24) is 0 Å². The summed E-state index contributed by atoms with van der Waals surface area (Å²) in [6, 6.07) is 16.1. The number of nitrogens with zero attached hydrogens (tertiary/aromatic N) is 1. The van der Waals surface area contributed by atoms with Gasteiger partial charge in [0, 0.05) is 10.0 Å². The summed E-state index contributed by atoms with van der Waals surface area (Å²) in [5.41, 5.74) is 3.05. The number of hydrogen-bond acceptors (Lipinski definition) is 2. The molecule has 1 aliphatic heterocycles. The van der Waals surface area contributed by atoms with Crippen molar-refractivity contribution in [3.05, 3.63) is 63.6 Å². The molecule has 0 fully saturated rings. The van der Waals surface area contributed by atoms with Crippen molar-refractivity contribution in [2.24, 2.45) is 0 Å². The molecule has 0 saturated heterocycles. The predicted octanol–water partition coefficient (Wildman–Crippen LogP) is 4.00. The quantitative estimate of drug-likeness (QED) is 0.737. The van der Waals surface area contributed by atoms with Crippen molar-refractivity contribution in [2.45, 2.75) is 12.5 Å². The minimum absolute atomic E-state index is 0.267. The van der Waals surface area contributed by atoms with Crippen molar-refractivity contribution in [2.75, 3.05) is 0 Å². The number of ether oxygens (including phenoxy) is 1. The Hall–Kier alpha value is -1.79. The predicted molar refractivity (Wildman–Crippen MR) is 72.4 cm³/mol. The fraction of sp³-hybridized carbons (Fsp3) is 0.133. The molecular weight excluding hydrogens is 290 g/mol. The van der Waals surface area contributed by atoms with Crippen LogP contribution in [0.4, 0.5) is 0 Å². The van der Waals surface area contributed by atoms with Gasteiger partial charge in [-0.1, -0.05) is 40.2 Å². The van der Waals surface area contributed by atoms with E-state index in [1.165, 1.54) is 0 Å². The van der Waals surface area contributed by atoms with Gasteiger partial charge in [0.05, 0.1) is 6.07 Å². The molecule has 3 heteroatoms. The van der Waals surface area contributed by atoms with Gasteiger partial charge >= 0.3 is 0 Å². The van der Waals surface area contributed by atoms with Gasteiger partial charge in [-0.15, -0.1) is 0 Å². The largest absolute Gasteiger partial charge is 0.489 e. The first kappa shape index (κ1) is 11.3. The third-order valence-corrected chi connectivity index (χ3v) is 3.65. The van der Waals surface area contributed by atoms with Crippen molar-refractivity contribution < 1.29 is 4.74 Å². The van der Waals surface area contributed by atoms with Gasteiger partial charge in [0.1, 0.15) is 18.3 Å². The maximum atomic E-state index is 9.48. The van der Waals surface area contributed by atoms with Crippen molar-refractivity contribution in [3.8, 4) is 11.8 Å². The van der Waals surface area contributed by atoms with E-state index >= 15 is 0 Å². The lowest BCUT2D eigenvalue weighted by Gasteiger charge is -2.11. The van der Waals surface area contributed by atoms with Gasteiger partial charge in [0.15, 0.2) is 0 Å². The third kappa shape index (κ3) is 1.79. The molecule has 1 heterocycles. The zero-order valence-electron chi connectivity index (χ0n) is 9.56. The minimum atomic E-state index is -0.267. The number of hydrogen-bond donors (Lipinski definition) is 0. The first-order valence-corrected chi connectivity index (χ1v) is 6.48. The summed E-state index contributed by atoms with van der Waals surface area (Å²) in [6.07, 6.45) is 0. The van der Waals surface area contributed by atoms with Crippen LogP contribution in [0.3, 0.4) is 0 Å². The van der Waals surface area contributed by atoms with Crippen LogP contribution >= 0.6 is 15.9 Å². The summed E-state index contributed by atoms with van der Waals surface area (Å²) in [5.74, 6) is 0.525. The molecule has 0 amide bonds. The molecule has 2 aromatic carbocycles. The fourth-order valence-electron chi connectivity index (χ4n) is 2.29. The number of rotatable bonds is 0. The normalized spacial score (nSPS) is 16.8. The maximum absolute atomic E-state index is 9.48. The summed E-state index contributed by atoms with van der Waals surface area (Å²) in [6.45, 7) is 0.517. The maximum Gasteiger partial charge on any atom is 0.124 e. The molecule has 88 valence electrons. The molecule has 18 heavy (non-hydrogen) atoms. The average molecular weight is 300 g/mol. The Morgan fingerprint density at radius 1 is 1.17 bits per heavy atom.